The van der Waals surface area contributed by atoms with Gasteiger partial charge in [-0.25, -0.2) is 4.79 Å². The number of hydrogen-bond acceptors (Lipinski definition) is 5. The van der Waals surface area contributed by atoms with Crippen LogP contribution in [-0.2, 0) is 4.74 Å². The highest BCUT2D eigenvalue weighted by molar-refractivity contribution is 5.89. The lowest BCUT2D eigenvalue weighted by atomic mass is 10.2. The van der Waals surface area contributed by atoms with Crippen LogP contribution in [0.2, 0.25) is 0 Å². The van der Waals surface area contributed by atoms with Gasteiger partial charge < -0.3 is 20.9 Å². The number of rotatable bonds is 4. The number of carbonyl (C=O) groups excluding carboxylic acids is 1. The molecular weight excluding hydrogens is 270 g/mol. The summed E-state index contributed by atoms with van der Waals surface area (Å²) in [6.07, 6.45) is -0.565. The molecule has 2 rings (SSSR count). The molecule has 1 amide bonds. The second-order valence-corrected chi connectivity index (χ2v) is 4.27. The van der Waals surface area contributed by atoms with Crippen LogP contribution in [0.25, 0.3) is 0 Å². The maximum Gasteiger partial charge on any atom is 0.411 e. The maximum absolute atomic E-state index is 11.4. The van der Waals surface area contributed by atoms with E-state index in [1.54, 1.807) is 49.4 Å². The molecule has 0 aliphatic carbocycles. The fourth-order valence-corrected chi connectivity index (χ4v) is 1.70. The highest BCUT2D eigenvalue weighted by Crippen LogP contribution is 2.29. The average Bonchev–Trinajstić information content (AvgIpc) is 2.43. The van der Waals surface area contributed by atoms with Crippen molar-refractivity contribution >= 4 is 23.2 Å². The molecule has 0 atom stereocenters. The van der Waals surface area contributed by atoms with E-state index in [1.165, 1.54) is 0 Å². The number of nitrogens with two attached hydrogens (primary N) is 2. The van der Waals surface area contributed by atoms with Crippen molar-refractivity contribution in [3.05, 3.63) is 42.5 Å². The molecule has 0 aromatic heterocycles. The lowest BCUT2D eigenvalue weighted by Crippen LogP contribution is -2.14. The Kier molecular flexibility index (Phi) is 4.50. The van der Waals surface area contributed by atoms with E-state index >= 15 is 0 Å². The van der Waals surface area contributed by atoms with Crippen molar-refractivity contribution in [1.82, 2.24) is 0 Å². The summed E-state index contributed by atoms with van der Waals surface area (Å²) in [4.78, 5) is 11.4. The van der Waals surface area contributed by atoms with E-state index in [0.29, 0.717) is 28.6 Å². The van der Waals surface area contributed by atoms with Crippen LogP contribution < -0.4 is 21.5 Å². The molecular formula is C15H17N3O3. The van der Waals surface area contributed by atoms with Crippen LogP contribution in [0.15, 0.2) is 42.5 Å². The van der Waals surface area contributed by atoms with Gasteiger partial charge in [0, 0.05) is 17.8 Å². The van der Waals surface area contributed by atoms with Gasteiger partial charge in [-0.3, -0.25) is 5.32 Å². The van der Waals surface area contributed by atoms with Gasteiger partial charge in [0.25, 0.3) is 0 Å². The third-order valence-corrected chi connectivity index (χ3v) is 2.63. The topological polar surface area (TPSA) is 99.6 Å². The van der Waals surface area contributed by atoms with Crippen LogP contribution in [0.5, 0.6) is 11.5 Å². The van der Waals surface area contributed by atoms with Crippen molar-refractivity contribution in [3.8, 4) is 11.5 Å². The molecule has 6 nitrogen and oxygen atoms in total. The Hall–Kier alpha value is -2.89. The fraction of sp³-hybridized carbons (Fsp3) is 0.133. The Morgan fingerprint density at radius 1 is 1.14 bits per heavy atom. The minimum absolute atomic E-state index is 0.283. The van der Waals surface area contributed by atoms with Gasteiger partial charge in [0.1, 0.15) is 11.5 Å². The van der Waals surface area contributed by atoms with Crippen LogP contribution in [-0.4, -0.2) is 12.7 Å². The van der Waals surface area contributed by atoms with Gasteiger partial charge in [-0.15, -0.1) is 0 Å². The zero-order valence-corrected chi connectivity index (χ0v) is 11.6. The number of ether oxygens (including phenoxy) is 2. The summed E-state index contributed by atoms with van der Waals surface area (Å²) in [6, 6.07) is 12.0. The van der Waals surface area contributed by atoms with Crippen molar-refractivity contribution in [1.29, 1.82) is 0 Å². The molecule has 0 spiro atoms. The lowest BCUT2D eigenvalue weighted by Gasteiger charge is -2.11. The van der Waals surface area contributed by atoms with Crippen LogP contribution in [0.4, 0.5) is 21.9 Å². The Morgan fingerprint density at radius 2 is 1.90 bits per heavy atom. The number of nitrogen functional groups attached to an aromatic ring is 2. The van der Waals surface area contributed by atoms with Crippen molar-refractivity contribution in [2.24, 2.45) is 0 Å². The largest absolute Gasteiger partial charge is 0.457 e. The highest BCUT2D eigenvalue weighted by atomic mass is 16.5. The summed E-state index contributed by atoms with van der Waals surface area (Å²) in [5.74, 6) is 1.13. The summed E-state index contributed by atoms with van der Waals surface area (Å²) < 4.78 is 10.5. The van der Waals surface area contributed by atoms with Gasteiger partial charge in [-0.05, 0) is 31.2 Å². The second-order valence-electron chi connectivity index (χ2n) is 4.27. The van der Waals surface area contributed by atoms with Crippen LogP contribution in [0, 0.1) is 0 Å². The van der Waals surface area contributed by atoms with E-state index < -0.39 is 6.09 Å². The third-order valence-electron chi connectivity index (χ3n) is 2.63. The molecule has 0 unspecified atom stereocenters. The molecule has 0 saturated heterocycles. The second kappa shape index (κ2) is 6.51. The van der Waals surface area contributed by atoms with Gasteiger partial charge >= 0.3 is 6.09 Å². The minimum atomic E-state index is -0.565. The Bertz CT molecular complexity index is 644. The molecule has 110 valence electrons. The molecule has 0 radical (unpaired) electrons. The van der Waals surface area contributed by atoms with E-state index in [4.69, 9.17) is 20.9 Å². The van der Waals surface area contributed by atoms with Crippen molar-refractivity contribution in [3.63, 3.8) is 0 Å². The summed E-state index contributed by atoms with van der Waals surface area (Å²) in [5.41, 5.74) is 12.9. The number of nitrogens with one attached hydrogen (secondary N) is 1. The molecule has 0 bridgehead atoms. The van der Waals surface area contributed by atoms with E-state index in [2.05, 4.69) is 5.32 Å². The van der Waals surface area contributed by atoms with Crippen molar-refractivity contribution in [2.45, 2.75) is 6.92 Å². The van der Waals surface area contributed by atoms with E-state index in [1.807, 2.05) is 0 Å². The zero-order chi connectivity index (χ0) is 15.2. The molecule has 0 heterocycles. The number of amides is 1. The number of benzene rings is 2. The molecule has 0 aliphatic heterocycles. The van der Waals surface area contributed by atoms with E-state index in [0.717, 1.165) is 0 Å². The molecule has 0 aliphatic rings. The Balaban J connectivity index is 2.16. The summed E-state index contributed by atoms with van der Waals surface area (Å²) in [5, 5.41) is 2.56. The average molecular weight is 287 g/mol. The SMILES string of the molecule is CCOC(=O)Nc1cc(Oc2cccc(N)c2)ccc1N. The Labute approximate surface area is 122 Å². The molecule has 0 saturated carbocycles. The van der Waals surface area contributed by atoms with Crippen molar-refractivity contribution in [2.75, 3.05) is 23.4 Å². The first-order chi connectivity index (χ1) is 10.1. The van der Waals surface area contributed by atoms with Crippen LogP contribution >= 0.6 is 0 Å². The van der Waals surface area contributed by atoms with Gasteiger partial charge in [-0.2, -0.15) is 0 Å². The van der Waals surface area contributed by atoms with Gasteiger partial charge in [0.2, 0.25) is 0 Å². The molecule has 5 N–H and O–H groups in total. The summed E-state index contributed by atoms with van der Waals surface area (Å²) in [7, 11) is 0. The predicted octanol–water partition coefficient (Wildman–Crippen LogP) is 3.21. The van der Waals surface area contributed by atoms with Crippen LogP contribution in [0.3, 0.4) is 0 Å². The maximum atomic E-state index is 11.4. The monoisotopic (exact) mass is 287 g/mol. The predicted molar refractivity (Wildman–Crippen MR) is 82.4 cm³/mol. The molecule has 0 fully saturated rings. The smallest absolute Gasteiger partial charge is 0.411 e. The molecule has 21 heavy (non-hydrogen) atoms. The van der Waals surface area contributed by atoms with E-state index in [9.17, 15) is 4.79 Å². The first-order valence-electron chi connectivity index (χ1n) is 6.45. The van der Waals surface area contributed by atoms with Crippen molar-refractivity contribution < 1.29 is 14.3 Å². The molecule has 6 heteroatoms. The zero-order valence-electron chi connectivity index (χ0n) is 11.6. The minimum Gasteiger partial charge on any atom is -0.457 e. The van der Waals surface area contributed by atoms with E-state index in [-0.39, 0.29) is 6.61 Å². The quantitative estimate of drug-likeness (QED) is 0.750. The Morgan fingerprint density at radius 3 is 2.62 bits per heavy atom. The van der Waals surface area contributed by atoms with Crippen LogP contribution in [0.1, 0.15) is 6.92 Å². The first kappa shape index (κ1) is 14.5. The molecule has 2 aromatic rings. The van der Waals surface area contributed by atoms with Gasteiger partial charge in [0.05, 0.1) is 18.0 Å². The highest BCUT2D eigenvalue weighted by Gasteiger charge is 2.08. The third kappa shape index (κ3) is 4.04. The summed E-state index contributed by atoms with van der Waals surface area (Å²) in [6.45, 7) is 2.01. The molecule has 2 aromatic carbocycles. The normalized spacial score (nSPS) is 9.95. The van der Waals surface area contributed by atoms with Gasteiger partial charge in [0.15, 0.2) is 0 Å². The fourth-order valence-electron chi connectivity index (χ4n) is 1.70. The van der Waals surface area contributed by atoms with Gasteiger partial charge in [-0.1, -0.05) is 6.07 Å². The summed E-state index contributed by atoms with van der Waals surface area (Å²) >= 11 is 0. The number of hydrogen-bond donors (Lipinski definition) is 3. The standard InChI is InChI=1S/C15H17N3O3/c1-2-20-15(19)18-14-9-12(6-7-13(14)17)21-11-5-3-4-10(16)8-11/h3-9H,2,16-17H2,1H3,(H,18,19). The lowest BCUT2D eigenvalue weighted by molar-refractivity contribution is 0.168. The number of carbonyl (C=O) groups is 1. The number of anilines is 3. The first-order valence-corrected chi connectivity index (χ1v) is 6.45.